The molecule has 33 heavy (non-hydrogen) atoms. The Bertz CT molecular complexity index is 1260. The van der Waals surface area contributed by atoms with Crippen LogP contribution in [0.4, 0.5) is 17.1 Å². The highest BCUT2D eigenvalue weighted by Gasteiger charge is 2.22. The van der Waals surface area contributed by atoms with Crippen molar-refractivity contribution >= 4 is 33.0 Å². The molecule has 2 heterocycles. The number of carbonyl (C=O) groups is 1. The normalized spacial score (nSPS) is 14.9. The van der Waals surface area contributed by atoms with Gasteiger partial charge in [-0.15, -0.1) is 0 Å². The summed E-state index contributed by atoms with van der Waals surface area (Å²) in [5.41, 5.74) is 5.32. The van der Waals surface area contributed by atoms with Crippen molar-refractivity contribution in [3.05, 3.63) is 77.9 Å². The molecule has 8 heteroatoms. The number of carbonyl (C=O) groups excluding carboxylic acids is 1. The second kappa shape index (κ2) is 8.88. The second-order valence-electron chi connectivity index (χ2n) is 8.16. The summed E-state index contributed by atoms with van der Waals surface area (Å²) < 4.78 is 33.6. The van der Waals surface area contributed by atoms with E-state index < -0.39 is 10.0 Å². The smallest absolute Gasteiger partial charge is 0.262 e. The van der Waals surface area contributed by atoms with E-state index in [2.05, 4.69) is 51.3 Å². The first kappa shape index (κ1) is 21.5. The Labute approximate surface area is 193 Å². The van der Waals surface area contributed by atoms with Crippen LogP contribution in [0.1, 0.15) is 17.5 Å². The molecule has 0 aliphatic carbocycles. The molecule has 0 spiro atoms. The van der Waals surface area contributed by atoms with Crippen molar-refractivity contribution in [3.63, 3.8) is 0 Å². The van der Waals surface area contributed by atoms with Crippen LogP contribution in [-0.2, 0) is 27.7 Å². The molecule has 0 saturated heterocycles. The number of nitrogens with one attached hydrogen (secondary N) is 2. The van der Waals surface area contributed by atoms with Crippen LogP contribution in [0.5, 0.6) is 5.75 Å². The van der Waals surface area contributed by atoms with E-state index in [-0.39, 0.29) is 17.4 Å². The number of amides is 1. The summed E-state index contributed by atoms with van der Waals surface area (Å²) in [7, 11) is -3.72. The molecule has 170 valence electrons. The molecule has 0 bridgehead atoms. The quantitative estimate of drug-likeness (QED) is 0.545. The lowest BCUT2D eigenvalue weighted by Gasteiger charge is -2.27. The molecule has 0 radical (unpaired) electrons. The first-order chi connectivity index (χ1) is 16.0. The van der Waals surface area contributed by atoms with Gasteiger partial charge in [0.15, 0.2) is 6.61 Å². The van der Waals surface area contributed by atoms with Crippen LogP contribution < -0.4 is 19.7 Å². The van der Waals surface area contributed by atoms with Crippen molar-refractivity contribution in [3.8, 4) is 5.75 Å². The van der Waals surface area contributed by atoms with E-state index in [0.717, 1.165) is 12.8 Å². The molecule has 0 saturated carbocycles. The highest BCUT2D eigenvalue weighted by molar-refractivity contribution is 7.89. The van der Waals surface area contributed by atoms with Crippen LogP contribution >= 0.6 is 0 Å². The lowest BCUT2D eigenvalue weighted by molar-refractivity contribution is -0.118. The Morgan fingerprint density at radius 3 is 2.30 bits per heavy atom. The van der Waals surface area contributed by atoms with Crippen LogP contribution in [0.3, 0.4) is 0 Å². The Kier molecular flexibility index (Phi) is 5.78. The molecule has 1 amide bonds. The number of rotatable bonds is 6. The number of anilines is 3. The summed E-state index contributed by atoms with van der Waals surface area (Å²) in [6.07, 6.45) is 2.59. The summed E-state index contributed by atoms with van der Waals surface area (Å²) >= 11 is 0. The van der Waals surface area contributed by atoms with Gasteiger partial charge in [0, 0.05) is 24.5 Å². The summed E-state index contributed by atoms with van der Waals surface area (Å²) in [5, 5.41) is 2.64. The predicted octanol–water partition coefficient (Wildman–Crippen LogP) is 3.62. The largest absolute Gasteiger partial charge is 0.482 e. The minimum atomic E-state index is -3.72. The number of para-hydroxylation sites is 2. The molecule has 0 aromatic heterocycles. The lowest BCUT2D eigenvalue weighted by atomic mass is 10.0. The van der Waals surface area contributed by atoms with E-state index in [4.69, 9.17) is 4.74 Å². The maximum Gasteiger partial charge on any atom is 0.262 e. The van der Waals surface area contributed by atoms with E-state index in [1.165, 1.54) is 34.6 Å². The Morgan fingerprint density at radius 2 is 1.61 bits per heavy atom. The highest BCUT2D eigenvalue weighted by Crippen LogP contribution is 2.36. The zero-order valence-electron chi connectivity index (χ0n) is 18.1. The fraction of sp³-hybridized carbons (Fsp3) is 0.240. The predicted molar refractivity (Wildman–Crippen MR) is 128 cm³/mol. The topological polar surface area (TPSA) is 87.7 Å². The van der Waals surface area contributed by atoms with Gasteiger partial charge in [0.05, 0.1) is 10.6 Å². The second-order valence-corrected chi connectivity index (χ2v) is 9.92. The minimum absolute atomic E-state index is 0.0693. The summed E-state index contributed by atoms with van der Waals surface area (Å²) in [5.74, 6) is 0.162. The van der Waals surface area contributed by atoms with Crippen molar-refractivity contribution in [1.29, 1.82) is 0 Å². The molecule has 3 aromatic carbocycles. The molecular weight excluding hydrogens is 438 g/mol. The summed E-state index contributed by atoms with van der Waals surface area (Å²) in [4.78, 5) is 13.9. The van der Waals surface area contributed by atoms with Crippen molar-refractivity contribution in [2.24, 2.45) is 0 Å². The number of sulfonamides is 1. The van der Waals surface area contributed by atoms with Crippen molar-refractivity contribution in [2.75, 3.05) is 29.9 Å². The molecule has 3 aromatic rings. The Hall–Kier alpha value is -3.36. The molecule has 2 aliphatic heterocycles. The SMILES string of the molecule is O=C1COc2ccc(S(=O)(=O)NCCCN3c4ccccc4CCc4ccccc43)cc2N1. The number of aryl methyl sites for hydroxylation is 2. The molecule has 5 rings (SSSR count). The van der Waals surface area contributed by atoms with Gasteiger partial charge in [-0.3, -0.25) is 4.79 Å². The number of hydrogen-bond donors (Lipinski definition) is 2. The highest BCUT2D eigenvalue weighted by atomic mass is 32.2. The molecule has 2 N–H and O–H groups in total. The third-order valence-corrected chi connectivity index (χ3v) is 7.43. The molecule has 0 fully saturated rings. The van der Waals surface area contributed by atoms with Crippen molar-refractivity contribution in [1.82, 2.24) is 4.72 Å². The zero-order valence-corrected chi connectivity index (χ0v) is 18.9. The summed E-state index contributed by atoms with van der Waals surface area (Å²) in [6, 6.07) is 21.3. The fourth-order valence-corrected chi connectivity index (χ4v) is 5.47. The zero-order chi connectivity index (χ0) is 22.8. The van der Waals surface area contributed by atoms with Crippen LogP contribution in [0, 0.1) is 0 Å². The molecule has 0 atom stereocenters. The third kappa shape index (κ3) is 4.44. The maximum absolute atomic E-state index is 12.8. The lowest BCUT2D eigenvalue weighted by Crippen LogP contribution is -2.29. The minimum Gasteiger partial charge on any atom is -0.482 e. The van der Waals surface area contributed by atoms with Gasteiger partial charge in [-0.2, -0.15) is 0 Å². The van der Waals surface area contributed by atoms with E-state index in [9.17, 15) is 13.2 Å². The van der Waals surface area contributed by atoms with Crippen LogP contribution in [-0.4, -0.2) is 34.0 Å². The third-order valence-electron chi connectivity index (χ3n) is 5.97. The Morgan fingerprint density at radius 1 is 0.939 bits per heavy atom. The van der Waals surface area contributed by atoms with Crippen molar-refractivity contribution in [2.45, 2.75) is 24.2 Å². The van der Waals surface area contributed by atoms with Gasteiger partial charge in [0.25, 0.3) is 5.91 Å². The van der Waals surface area contributed by atoms with Gasteiger partial charge in [0.2, 0.25) is 10.0 Å². The van der Waals surface area contributed by atoms with E-state index in [1.54, 1.807) is 6.07 Å². The van der Waals surface area contributed by atoms with Gasteiger partial charge >= 0.3 is 0 Å². The Balaban J connectivity index is 1.29. The van der Waals surface area contributed by atoms with Crippen LogP contribution in [0.25, 0.3) is 0 Å². The number of nitrogens with zero attached hydrogens (tertiary/aromatic N) is 1. The summed E-state index contributed by atoms with van der Waals surface area (Å²) in [6.45, 7) is 0.911. The van der Waals surface area contributed by atoms with Crippen molar-refractivity contribution < 1.29 is 17.9 Å². The fourth-order valence-electron chi connectivity index (χ4n) is 4.37. The molecule has 2 aliphatic rings. The van der Waals surface area contributed by atoms with Gasteiger partial charge in [0.1, 0.15) is 5.75 Å². The first-order valence-corrected chi connectivity index (χ1v) is 12.5. The standard InChI is InChI=1S/C25H25N3O4S/c29-25-17-32-24-13-12-20(16-21(24)27-25)33(30,31)26-14-5-15-28-22-8-3-1-6-18(22)10-11-19-7-2-4-9-23(19)28/h1-4,6-9,12-13,16,26H,5,10-11,14-15,17H2,(H,27,29). The number of fused-ring (bicyclic) bond motifs is 3. The van der Waals surface area contributed by atoms with E-state index in [0.29, 0.717) is 30.9 Å². The van der Waals surface area contributed by atoms with Gasteiger partial charge in [-0.1, -0.05) is 36.4 Å². The van der Waals surface area contributed by atoms with Gasteiger partial charge in [-0.05, 0) is 60.7 Å². The maximum atomic E-state index is 12.8. The van der Waals surface area contributed by atoms with Crippen LogP contribution in [0.2, 0.25) is 0 Å². The van der Waals surface area contributed by atoms with E-state index >= 15 is 0 Å². The van der Waals surface area contributed by atoms with Gasteiger partial charge < -0.3 is 15.0 Å². The number of hydrogen-bond acceptors (Lipinski definition) is 5. The molecule has 0 unspecified atom stereocenters. The number of ether oxygens (including phenoxy) is 1. The first-order valence-electron chi connectivity index (χ1n) is 11.0. The molecular formula is C25H25N3O4S. The average molecular weight is 464 g/mol. The van der Waals surface area contributed by atoms with E-state index in [1.807, 2.05) is 12.1 Å². The average Bonchev–Trinajstić information content (AvgIpc) is 2.98. The van der Waals surface area contributed by atoms with Crippen LogP contribution in [0.15, 0.2) is 71.6 Å². The monoisotopic (exact) mass is 463 g/mol. The molecule has 7 nitrogen and oxygen atoms in total. The number of benzene rings is 3. The van der Waals surface area contributed by atoms with Gasteiger partial charge in [-0.25, -0.2) is 13.1 Å².